The summed E-state index contributed by atoms with van der Waals surface area (Å²) in [4.78, 5) is 29.6. The number of aromatic nitrogens is 3. The van der Waals surface area contributed by atoms with Crippen molar-refractivity contribution >= 4 is 23.4 Å². The van der Waals surface area contributed by atoms with Crippen LogP contribution in [-0.2, 0) is 19.7 Å². The van der Waals surface area contributed by atoms with Crippen LogP contribution in [0.4, 0.5) is 10.5 Å². The number of hydrogen-bond donors (Lipinski definition) is 1. The fraction of sp³-hybridized carbons (Fsp3) is 0.188. The minimum Gasteiger partial charge on any atom is -0.468 e. The molecule has 1 aliphatic rings. The molecule has 1 saturated carbocycles. The Labute approximate surface area is 231 Å². The minimum atomic E-state index is -0.588. The topological polar surface area (TPSA) is 94.8 Å². The molecule has 1 aliphatic carbocycles. The lowest BCUT2D eigenvalue weighted by Gasteiger charge is -2.14. The Morgan fingerprint density at radius 2 is 1.55 bits per heavy atom. The van der Waals surface area contributed by atoms with Gasteiger partial charge in [-0.3, -0.25) is 10.1 Å². The molecule has 2 aromatic heterocycles. The maximum absolute atomic E-state index is 12.9. The lowest BCUT2D eigenvalue weighted by atomic mass is 9.93. The molecule has 0 saturated heterocycles. The Hall–Kier alpha value is -4.98. The van der Waals surface area contributed by atoms with Crippen LogP contribution in [0.2, 0.25) is 0 Å². The third kappa shape index (κ3) is 4.68. The van der Waals surface area contributed by atoms with Crippen LogP contribution >= 0.6 is 0 Å². The van der Waals surface area contributed by atoms with Crippen molar-refractivity contribution in [1.82, 2.24) is 14.6 Å². The highest BCUT2D eigenvalue weighted by Crippen LogP contribution is 2.49. The van der Waals surface area contributed by atoms with Gasteiger partial charge < -0.3 is 9.47 Å². The first kappa shape index (κ1) is 25.3. The Balaban J connectivity index is 1.25. The molecule has 8 heteroatoms. The van der Waals surface area contributed by atoms with Gasteiger partial charge in [0.25, 0.3) is 0 Å². The highest BCUT2D eigenvalue weighted by molar-refractivity contribution is 5.96. The zero-order valence-corrected chi connectivity index (χ0v) is 22.2. The summed E-state index contributed by atoms with van der Waals surface area (Å²) in [5, 5.41) is 7.56. The average Bonchev–Trinajstić information content (AvgIpc) is 3.74. The molecule has 1 amide bonds. The van der Waals surface area contributed by atoms with E-state index in [0.717, 1.165) is 40.7 Å². The molecular weight excluding hydrogens is 504 g/mol. The monoisotopic (exact) mass is 532 g/mol. The Kier molecular flexibility index (Phi) is 6.51. The molecule has 0 aliphatic heterocycles. The first-order valence-electron chi connectivity index (χ1n) is 13.1. The fourth-order valence-electron chi connectivity index (χ4n) is 5.02. The molecule has 0 unspecified atom stereocenters. The molecule has 6 rings (SSSR count). The molecule has 0 radical (unpaired) electrons. The van der Waals surface area contributed by atoms with Crippen molar-refractivity contribution in [2.24, 2.45) is 0 Å². The van der Waals surface area contributed by atoms with Crippen LogP contribution in [0.1, 0.15) is 37.0 Å². The highest BCUT2D eigenvalue weighted by atomic mass is 16.6. The Morgan fingerprint density at radius 1 is 0.900 bits per heavy atom. The quantitative estimate of drug-likeness (QED) is 0.238. The number of nitrogens with zero attached hydrogens (tertiary/aromatic N) is 3. The maximum Gasteiger partial charge on any atom is 0.412 e. The second kappa shape index (κ2) is 10.3. The van der Waals surface area contributed by atoms with Crippen LogP contribution in [0.15, 0.2) is 97.3 Å². The molecule has 2 heterocycles. The predicted octanol–water partition coefficient (Wildman–Crippen LogP) is 6.58. The summed E-state index contributed by atoms with van der Waals surface area (Å²) in [7, 11) is 1.44. The van der Waals surface area contributed by atoms with Crippen LogP contribution in [0.5, 0.6) is 0 Å². The number of anilines is 1. The van der Waals surface area contributed by atoms with Gasteiger partial charge in [0.05, 0.1) is 12.5 Å². The lowest BCUT2D eigenvalue weighted by Crippen LogP contribution is -2.21. The first-order chi connectivity index (χ1) is 19.5. The number of fused-ring (bicyclic) bond motifs is 1. The number of ether oxygens (including phenoxy) is 2. The summed E-state index contributed by atoms with van der Waals surface area (Å²) < 4.78 is 12.3. The van der Waals surface area contributed by atoms with Crippen LogP contribution < -0.4 is 5.32 Å². The number of hydrogen-bond acceptors (Lipinski definition) is 6. The summed E-state index contributed by atoms with van der Waals surface area (Å²) >= 11 is 0. The number of nitrogens with one attached hydrogen (secondary N) is 1. The highest BCUT2D eigenvalue weighted by Gasteiger charge is 2.52. The molecule has 8 nitrogen and oxygen atoms in total. The van der Waals surface area contributed by atoms with E-state index in [4.69, 9.17) is 9.47 Å². The summed E-state index contributed by atoms with van der Waals surface area (Å²) in [6.45, 7) is 1.83. The van der Waals surface area contributed by atoms with Gasteiger partial charge in [-0.2, -0.15) is 5.10 Å². The van der Waals surface area contributed by atoms with Gasteiger partial charge in [0.2, 0.25) is 0 Å². The number of amides is 1. The largest absolute Gasteiger partial charge is 0.468 e. The van der Waals surface area contributed by atoms with E-state index in [-0.39, 0.29) is 5.97 Å². The number of esters is 1. The number of methoxy groups -OCH3 is 1. The van der Waals surface area contributed by atoms with Crippen molar-refractivity contribution in [2.45, 2.75) is 31.3 Å². The Morgan fingerprint density at radius 3 is 2.20 bits per heavy atom. The molecule has 0 bridgehead atoms. The summed E-state index contributed by atoms with van der Waals surface area (Å²) in [5.41, 5.74) is 5.84. The van der Waals surface area contributed by atoms with E-state index in [9.17, 15) is 9.59 Å². The predicted molar refractivity (Wildman–Crippen MR) is 152 cm³/mol. The maximum atomic E-state index is 12.9. The van der Waals surface area contributed by atoms with Gasteiger partial charge in [-0.1, -0.05) is 78.9 Å². The number of carbonyl (C=O) groups is 2. The van der Waals surface area contributed by atoms with Crippen molar-refractivity contribution in [3.63, 3.8) is 0 Å². The summed E-state index contributed by atoms with van der Waals surface area (Å²) in [5.74, 6) is -0.172. The first-order valence-corrected chi connectivity index (χ1v) is 13.1. The smallest absolute Gasteiger partial charge is 0.412 e. The minimum absolute atomic E-state index is 0.172. The van der Waals surface area contributed by atoms with Crippen LogP contribution in [0.3, 0.4) is 0 Å². The molecule has 1 N–H and O–H groups in total. The second-order valence-corrected chi connectivity index (χ2v) is 9.92. The summed E-state index contributed by atoms with van der Waals surface area (Å²) in [6.07, 6.45) is 4.06. The van der Waals surface area contributed by atoms with Crippen molar-refractivity contribution in [2.75, 3.05) is 12.4 Å². The van der Waals surface area contributed by atoms with Crippen LogP contribution in [-0.4, -0.2) is 33.8 Å². The number of rotatable bonds is 7. The van der Waals surface area contributed by atoms with Gasteiger partial charge in [0.1, 0.15) is 17.5 Å². The molecule has 1 fully saturated rings. The van der Waals surface area contributed by atoms with Gasteiger partial charge in [-0.25, -0.2) is 14.3 Å². The standard InChI is InChI=1S/C32H28N4O4/c1-21(22-7-4-3-5-8-22)40-31(38)34-28-27(35-36-20-6-19-33-29(28)36)25-11-9-23(10-12-25)24-13-15-26(16-14-24)32(17-18-32)30(37)39-2/h3-16,19-21H,17-18H2,1-2H3,(H,34,38)/t21-/m1/s1. The van der Waals surface area contributed by atoms with Gasteiger partial charge in [0, 0.05) is 18.0 Å². The van der Waals surface area contributed by atoms with Gasteiger partial charge in [-0.05, 0) is 48.1 Å². The van der Waals surface area contributed by atoms with Crippen molar-refractivity contribution < 1.29 is 19.1 Å². The third-order valence-electron chi connectivity index (χ3n) is 7.43. The van der Waals surface area contributed by atoms with Crippen molar-refractivity contribution in [3.05, 3.63) is 108 Å². The van der Waals surface area contributed by atoms with E-state index < -0.39 is 17.6 Å². The lowest BCUT2D eigenvalue weighted by molar-refractivity contribution is -0.143. The average molecular weight is 533 g/mol. The molecule has 3 aromatic carbocycles. The fourth-order valence-corrected chi connectivity index (χ4v) is 5.02. The van der Waals surface area contributed by atoms with E-state index in [2.05, 4.69) is 15.4 Å². The third-order valence-corrected chi connectivity index (χ3v) is 7.43. The van der Waals surface area contributed by atoms with Crippen LogP contribution in [0, 0.1) is 0 Å². The van der Waals surface area contributed by atoms with Crippen molar-refractivity contribution in [3.8, 4) is 22.4 Å². The second-order valence-electron chi connectivity index (χ2n) is 9.92. The zero-order valence-electron chi connectivity index (χ0n) is 22.2. The van der Waals surface area contributed by atoms with Crippen molar-refractivity contribution in [1.29, 1.82) is 0 Å². The number of benzene rings is 3. The molecule has 40 heavy (non-hydrogen) atoms. The van der Waals surface area contributed by atoms with Crippen LogP contribution in [0.25, 0.3) is 28.0 Å². The number of carbonyl (C=O) groups excluding carboxylic acids is 2. The van der Waals surface area contributed by atoms with E-state index in [1.54, 1.807) is 23.0 Å². The summed E-state index contributed by atoms with van der Waals surface area (Å²) in [6, 6.07) is 27.4. The van der Waals surface area contributed by atoms with E-state index in [1.807, 2.05) is 85.8 Å². The van der Waals surface area contributed by atoms with Gasteiger partial charge >= 0.3 is 12.1 Å². The Bertz CT molecular complexity index is 1670. The zero-order chi connectivity index (χ0) is 27.7. The normalized spacial score (nSPS) is 14.3. The SMILES string of the molecule is COC(=O)C1(c2ccc(-c3ccc(-c4nn5cccnc5c4NC(=O)O[C@H](C)c4ccccc4)cc3)cc2)CC1. The van der Waals surface area contributed by atoms with E-state index >= 15 is 0 Å². The molecule has 1 atom stereocenters. The molecule has 5 aromatic rings. The van der Waals surface area contributed by atoms with E-state index in [1.165, 1.54) is 7.11 Å². The molecular formula is C32H28N4O4. The van der Waals surface area contributed by atoms with E-state index in [0.29, 0.717) is 17.0 Å². The van der Waals surface area contributed by atoms with Gasteiger partial charge in [0.15, 0.2) is 5.65 Å². The molecule has 0 spiro atoms. The van der Waals surface area contributed by atoms with Gasteiger partial charge in [-0.15, -0.1) is 0 Å². The molecule has 200 valence electrons.